The Hall–Kier alpha value is -13.0. The normalized spacial score (nSPS) is 24.7. The van der Waals surface area contributed by atoms with E-state index in [-0.39, 0.29) is 95.4 Å². The van der Waals surface area contributed by atoms with Crippen LogP contribution in [0.2, 0.25) is 0 Å². The minimum absolute atomic E-state index is 0.000116. The first kappa shape index (κ1) is 101. The number of hydrogen-bond acceptors (Lipinski definition) is 21. The van der Waals surface area contributed by atoms with Gasteiger partial charge in [0.1, 0.15) is 90.3 Å². The molecule has 3 aromatic carbocycles. The zero-order chi connectivity index (χ0) is 94.7. The van der Waals surface area contributed by atoms with E-state index >= 15 is 33.6 Å². The molecular weight excluding hydrogens is 1700 g/mol. The summed E-state index contributed by atoms with van der Waals surface area (Å²) in [6, 6.07) is -0.771. The number of fused-ring (bicyclic) bond motifs is 4. The molecule has 41 heteroatoms. The number of rotatable bonds is 23. The van der Waals surface area contributed by atoms with Crippen LogP contribution in [0.3, 0.4) is 0 Å². The predicted molar refractivity (Wildman–Crippen MR) is 478 cm³/mol. The second-order valence-electron chi connectivity index (χ2n) is 33.7. The lowest BCUT2D eigenvalue weighted by molar-refractivity contribution is -0.149. The highest BCUT2D eigenvalue weighted by atomic mass is 32.2. The number of likely N-dealkylation sites (N-methyl/N-ethyl adjacent to an activating group) is 3. The number of phenolic OH excluding ortho intramolecular Hbond substituents is 1. The lowest BCUT2D eigenvalue weighted by atomic mass is 10.00. The SMILES string of the molecule is CCCC[C@H]1C(=O)N(C)[C@@H](CCCC)C(=O)N[C@@H](C)C(=O)N[C@H](C(=O)NCC(N)=O)CSCC(=O)N[C@@H](Cc2ccc(O)cc2)C(=O)N(C)[C@@H](C)C(=O)N[C@@H](CCC(=O)O)C(=O)N2CCC[C@H]2C(=O)N[C@@H](Cc2cnc[nH]2)C(=O)N[C@@H](CC(C)C)C(=O)N2CCC[C@H]2C(=O)N[C@@H](Cc2c[nH]c3ccccc23)C(=O)N[C@@H](CO)C(=O)N[C@@H](Cc2c[nH]c3ccccc23)C(=O)N1C. The lowest BCUT2D eigenvalue weighted by Gasteiger charge is -2.36. The number of hydrogen-bond donors (Lipinski definition) is 17. The van der Waals surface area contributed by atoms with Crippen LogP contribution in [0.4, 0.5) is 0 Å². The molecule has 40 nitrogen and oxygen atoms in total. The van der Waals surface area contributed by atoms with Crippen molar-refractivity contribution in [2.45, 2.75) is 235 Å². The summed E-state index contributed by atoms with van der Waals surface area (Å²) in [5.74, 6) is -16.7. The number of carboxylic acid groups (broad SMARTS) is 1. The minimum atomic E-state index is -1.83. The molecule has 0 radical (unpaired) electrons. The summed E-state index contributed by atoms with van der Waals surface area (Å²) in [4.78, 5) is 267. The molecule has 130 heavy (non-hydrogen) atoms. The molecule has 704 valence electrons. The molecule has 3 aromatic heterocycles. The van der Waals surface area contributed by atoms with Gasteiger partial charge in [-0.3, -0.25) is 81.5 Å². The van der Waals surface area contributed by atoms with Crippen LogP contribution < -0.4 is 58.9 Å². The number of aromatic nitrogens is 4. The van der Waals surface area contributed by atoms with Gasteiger partial charge in [0.25, 0.3) is 0 Å². The molecule has 3 saturated heterocycles. The average Bonchev–Trinajstić information content (AvgIpc) is 1.59. The third kappa shape index (κ3) is 27.3. The Morgan fingerprint density at radius 1 is 0.538 bits per heavy atom. The van der Waals surface area contributed by atoms with Crippen molar-refractivity contribution in [3.63, 3.8) is 0 Å². The Balaban J connectivity index is 1.07. The number of carbonyl (C=O) groups excluding carboxylic acids is 16. The van der Waals surface area contributed by atoms with Gasteiger partial charge in [0.2, 0.25) is 94.5 Å². The number of aliphatic hydroxyl groups excluding tert-OH is 1. The highest BCUT2D eigenvalue weighted by Gasteiger charge is 2.45. The van der Waals surface area contributed by atoms with Crippen molar-refractivity contribution in [1.29, 1.82) is 0 Å². The van der Waals surface area contributed by atoms with E-state index in [1.807, 2.05) is 13.8 Å². The number of carboxylic acids is 1. The Bertz CT molecular complexity index is 5020. The molecule has 0 bridgehead atoms. The van der Waals surface area contributed by atoms with Gasteiger partial charge in [-0.05, 0) is 112 Å². The van der Waals surface area contributed by atoms with Gasteiger partial charge in [-0.1, -0.05) is 102 Å². The topological polar surface area (TPSA) is 574 Å². The number of nitrogens with two attached hydrogens (primary N) is 1. The minimum Gasteiger partial charge on any atom is -0.508 e. The predicted octanol–water partition coefficient (Wildman–Crippen LogP) is -0.154. The zero-order valence-electron chi connectivity index (χ0n) is 74.6. The van der Waals surface area contributed by atoms with Crippen molar-refractivity contribution < 1.29 is 96.8 Å². The van der Waals surface area contributed by atoms with Crippen LogP contribution in [-0.4, -0.2) is 304 Å². The Kier molecular flexibility index (Phi) is 37.2. The van der Waals surface area contributed by atoms with Crippen molar-refractivity contribution in [3.8, 4) is 5.75 Å². The number of H-pyrrole nitrogens is 3. The van der Waals surface area contributed by atoms with E-state index in [2.05, 4.69) is 73.1 Å². The van der Waals surface area contributed by atoms with Gasteiger partial charge in [0.15, 0.2) is 0 Å². The van der Waals surface area contributed by atoms with Gasteiger partial charge in [0, 0.05) is 118 Å². The number of para-hydroxylation sites is 2. The third-order valence-corrected chi connectivity index (χ3v) is 24.7. The number of benzene rings is 3. The molecule has 3 aliphatic heterocycles. The first-order valence-electron chi connectivity index (χ1n) is 44.0. The first-order valence-corrected chi connectivity index (χ1v) is 45.1. The molecule has 3 aliphatic rings. The highest BCUT2D eigenvalue weighted by molar-refractivity contribution is 8.00. The molecule has 0 spiro atoms. The van der Waals surface area contributed by atoms with E-state index in [1.165, 1.54) is 81.6 Å². The van der Waals surface area contributed by atoms with Crippen molar-refractivity contribution in [2.75, 3.05) is 58.9 Å². The van der Waals surface area contributed by atoms with E-state index in [0.29, 0.717) is 69.9 Å². The summed E-state index contributed by atoms with van der Waals surface area (Å²) in [7, 11) is 3.97. The molecule has 0 aliphatic carbocycles. The van der Waals surface area contributed by atoms with Crippen LogP contribution >= 0.6 is 11.8 Å². The molecule has 16 amide bonds. The maximum absolute atomic E-state index is 15.6. The summed E-state index contributed by atoms with van der Waals surface area (Å²) >= 11 is 0.787. The van der Waals surface area contributed by atoms with Crippen LogP contribution in [-0.2, 0) is 107 Å². The number of carbonyl (C=O) groups is 17. The number of nitrogens with zero attached hydrogens (tertiary/aromatic N) is 6. The quantitative estimate of drug-likeness (QED) is 0.0396. The monoisotopic (exact) mass is 1820 g/mol. The summed E-state index contributed by atoms with van der Waals surface area (Å²) in [6.07, 6.45) is 6.31. The number of aromatic amines is 3. The molecular formula is C89H122N20O20S. The summed E-state index contributed by atoms with van der Waals surface area (Å²) in [6.45, 7) is 8.07. The molecule has 0 saturated carbocycles. The van der Waals surface area contributed by atoms with Gasteiger partial charge >= 0.3 is 5.97 Å². The Morgan fingerprint density at radius 3 is 1.60 bits per heavy atom. The maximum atomic E-state index is 15.6. The molecule has 3 fully saturated rings. The number of aliphatic carboxylic acids is 1. The van der Waals surface area contributed by atoms with E-state index < -0.39 is 223 Å². The van der Waals surface area contributed by atoms with Gasteiger partial charge in [-0.2, -0.15) is 0 Å². The second kappa shape index (κ2) is 47.9. The molecule has 14 atom stereocenters. The highest BCUT2D eigenvalue weighted by Crippen LogP contribution is 2.28. The van der Waals surface area contributed by atoms with Gasteiger partial charge < -0.3 is 114 Å². The standard InChI is InChI=1S/C89H122N20O20S/c1-10-12-24-69-82(122)96-50(5)76(116)104-68(78(118)94-44-73(90)112)46-130-47-74(113)97-65(37-52-28-30-56(111)31-29-52)85(125)105(7)51(6)77(117)98-61(32-33-75(114)115)87(127)108-34-18-26-70(108)84(124)100-63(40-55-43-91-48-95-55)80(120)101-64(36-49(3)4)88(128)109-35-19-27-71(109)83(123)99-62(38-53-41-92-59-22-16-14-20-57(53)59)79(119)103-67(45-110)81(121)102-66(39-54-42-93-60-23-17-15-21-58(54)60)86(126)107(9)72(25-13-11-2)89(129)106(69)8/h14-17,20-23,28-31,41-43,48-51,61-72,92-93,110-111H,10-13,18-19,24-27,32-40,44-47H2,1-9H3,(H2,90,112)(H,91,95)(H,94,118)(H,96,122)(H,97,113)(H,98,117)(H,99,123)(H,100,124)(H,101,120)(H,102,121)(H,103,119)(H,104,116)(H,114,115)/t50-,51-,61-,62-,63-,64-,65-,66-,67-,68-,69-,70-,71-,72-/m0/s1. The van der Waals surface area contributed by atoms with Crippen LogP contribution in [0.15, 0.2) is 97.7 Å². The molecule has 9 rings (SSSR count). The molecule has 6 aromatic rings. The number of imidazole rings is 1. The van der Waals surface area contributed by atoms with Gasteiger partial charge in [-0.15, -0.1) is 11.8 Å². The van der Waals surface area contributed by atoms with Crippen LogP contribution in [0, 0.1) is 5.92 Å². The van der Waals surface area contributed by atoms with Crippen LogP contribution in [0.25, 0.3) is 21.8 Å². The second-order valence-corrected chi connectivity index (χ2v) is 34.8. The van der Waals surface area contributed by atoms with Crippen molar-refractivity contribution in [1.82, 2.24) is 97.6 Å². The Labute approximate surface area is 756 Å². The molecule has 18 N–H and O–H groups in total. The number of nitrogens with one attached hydrogen (secondary N) is 13. The summed E-state index contributed by atoms with van der Waals surface area (Å²) in [5.41, 5.74) is 8.57. The van der Waals surface area contributed by atoms with Crippen LogP contribution in [0.5, 0.6) is 5.75 Å². The number of thioether (sulfide) groups is 1. The van der Waals surface area contributed by atoms with E-state index in [1.54, 1.807) is 74.8 Å². The number of aliphatic hydroxyl groups is 1. The number of phenols is 1. The fourth-order valence-electron chi connectivity index (χ4n) is 16.2. The van der Waals surface area contributed by atoms with Crippen molar-refractivity contribution in [3.05, 3.63) is 120 Å². The first-order chi connectivity index (χ1) is 62.0. The molecule has 6 heterocycles. The molecule has 0 unspecified atom stereocenters. The van der Waals surface area contributed by atoms with E-state index in [9.17, 15) is 63.3 Å². The van der Waals surface area contributed by atoms with E-state index in [4.69, 9.17) is 5.73 Å². The Morgan fingerprint density at radius 2 is 1.05 bits per heavy atom. The van der Waals surface area contributed by atoms with E-state index in [0.717, 1.165) is 26.5 Å². The third-order valence-electron chi connectivity index (χ3n) is 23.7. The number of amides is 16. The fraction of sp³-hybridized carbons (Fsp3) is 0.528. The average molecular weight is 1820 g/mol. The largest absolute Gasteiger partial charge is 0.508 e. The number of primary amides is 1. The number of unbranched alkanes of at least 4 members (excludes halogenated alkanes) is 2. The maximum Gasteiger partial charge on any atom is 0.303 e. The summed E-state index contributed by atoms with van der Waals surface area (Å²) in [5, 5.41) is 59.3. The number of aromatic hydroxyl groups is 1. The lowest BCUT2D eigenvalue weighted by Crippen LogP contribution is -2.61. The van der Waals surface area contributed by atoms with Crippen molar-refractivity contribution in [2.24, 2.45) is 11.7 Å². The zero-order valence-corrected chi connectivity index (χ0v) is 75.4. The smallest absolute Gasteiger partial charge is 0.303 e. The summed E-state index contributed by atoms with van der Waals surface area (Å²) < 4.78 is 0. The van der Waals surface area contributed by atoms with Crippen LogP contribution in [0.1, 0.15) is 147 Å². The fourth-order valence-corrected chi connectivity index (χ4v) is 17.1. The van der Waals surface area contributed by atoms with Gasteiger partial charge in [-0.25, -0.2) is 4.98 Å². The van der Waals surface area contributed by atoms with Crippen molar-refractivity contribution >= 4 is 134 Å². The van der Waals surface area contributed by atoms with Gasteiger partial charge in [0.05, 0.1) is 25.2 Å².